The Morgan fingerprint density at radius 2 is 1.74 bits per heavy atom. The number of nitrogens with one attached hydrogen (secondary N) is 1. The van der Waals surface area contributed by atoms with E-state index in [2.05, 4.69) is 5.32 Å². The van der Waals surface area contributed by atoms with Crippen molar-refractivity contribution >= 4 is 33.2 Å². The lowest BCUT2D eigenvalue weighted by Crippen LogP contribution is -2.42. The Kier molecular flexibility index (Phi) is 8.23. The van der Waals surface area contributed by atoms with E-state index in [-0.39, 0.29) is 21.6 Å². The van der Waals surface area contributed by atoms with Crippen molar-refractivity contribution in [3.05, 3.63) is 88.4 Å². The van der Waals surface area contributed by atoms with Gasteiger partial charge < -0.3 is 10.1 Å². The van der Waals surface area contributed by atoms with Crippen LogP contribution in [-0.4, -0.2) is 28.0 Å². The number of sulfonamides is 1. The molecule has 0 fully saturated rings. The zero-order chi connectivity index (χ0) is 24.9. The van der Waals surface area contributed by atoms with Gasteiger partial charge in [-0.1, -0.05) is 60.5 Å². The average molecular weight is 501 g/mol. The summed E-state index contributed by atoms with van der Waals surface area (Å²) < 4.78 is 33.5. The minimum Gasteiger partial charge on any atom is -0.496 e. The van der Waals surface area contributed by atoms with E-state index in [0.29, 0.717) is 6.42 Å². The summed E-state index contributed by atoms with van der Waals surface area (Å²) in [5.41, 5.74) is 3.04. The summed E-state index contributed by atoms with van der Waals surface area (Å²) in [5.74, 6) is 0.329. The van der Waals surface area contributed by atoms with Crippen molar-refractivity contribution in [1.29, 1.82) is 0 Å². The molecule has 34 heavy (non-hydrogen) atoms. The number of anilines is 1. The standard InChI is InChI=1S/C26H29ClN2O4S/c1-5-23(20-12-15-25(33-4)19(3)16-20)28-26(30)17-29(24-9-7-6-8-22(24)27)34(31,32)21-13-10-18(2)11-14-21/h6-16,23H,5,17H2,1-4H3,(H,28,30)/t23-/m0/s1. The molecule has 0 aliphatic carbocycles. The first-order valence-corrected chi connectivity index (χ1v) is 12.8. The Bertz CT molecular complexity index is 1260. The highest BCUT2D eigenvalue weighted by atomic mass is 35.5. The summed E-state index contributed by atoms with van der Waals surface area (Å²) in [4.78, 5) is 13.2. The zero-order valence-electron chi connectivity index (χ0n) is 19.7. The maximum atomic E-state index is 13.5. The molecule has 180 valence electrons. The molecule has 0 aliphatic rings. The Labute approximate surface area is 206 Å². The van der Waals surface area contributed by atoms with Crippen LogP contribution in [-0.2, 0) is 14.8 Å². The van der Waals surface area contributed by atoms with Crippen LogP contribution in [0.2, 0.25) is 5.02 Å². The van der Waals surface area contributed by atoms with Crippen LogP contribution in [0.15, 0.2) is 71.6 Å². The summed E-state index contributed by atoms with van der Waals surface area (Å²) in [7, 11) is -2.43. The fourth-order valence-corrected chi connectivity index (χ4v) is 5.43. The highest BCUT2D eigenvalue weighted by Gasteiger charge is 2.29. The fraction of sp³-hybridized carbons (Fsp3) is 0.269. The highest BCUT2D eigenvalue weighted by Crippen LogP contribution is 2.31. The van der Waals surface area contributed by atoms with E-state index in [9.17, 15) is 13.2 Å². The molecule has 0 aromatic heterocycles. The molecular weight excluding hydrogens is 472 g/mol. The third-order valence-corrected chi connectivity index (χ3v) is 7.68. The largest absolute Gasteiger partial charge is 0.496 e. The maximum Gasteiger partial charge on any atom is 0.264 e. The van der Waals surface area contributed by atoms with Gasteiger partial charge in [-0.3, -0.25) is 9.10 Å². The maximum absolute atomic E-state index is 13.5. The van der Waals surface area contributed by atoms with Gasteiger partial charge in [-0.25, -0.2) is 8.42 Å². The number of rotatable bonds is 9. The third kappa shape index (κ3) is 5.72. The molecule has 1 atom stereocenters. The predicted octanol–water partition coefficient (Wildman–Crippen LogP) is 5.43. The van der Waals surface area contributed by atoms with Crippen LogP contribution in [0.4, 0.5) is 5.69 Å². The van der Waals surface area contributed by atoms with Crippen molar-refractivity contribution in [3.63, 3.8) is 0 Å². The number of benzene rings is 3. The SMILES string of the molecule is CC[C@H](NC(=O)CN(c1ccccc1Cl)S(=O)(=O)c1ccc(C)cc1)c1ccc(OC)c(C)c1. The molecule has 0 saturated carbocycles. The molecule has 0 unspecified atom stereocenters. The molecule has 8 heteroatoms. The van der Waals surface area contributed by atoms with Gasteiger partial charge in [0.2, 0.25) is 5.91 Å². The van der Waals surface area contributed by atoms with Crippen LogP contribution < -0.4 is 14.4 Å². The summed E-state index contributed by atoms with van der Waals surface area (Å²) in [6.45, 7) is 5.36. The Balaban J connectivity index is 1.91. The van der Waals surface area contributed by atoms with Crippen molar-refractivity contribution in [2.24, 2.45) is 0 Å². The number of hydrogen-bond acceptors (Lipinski definition) is 4. The lowest BCUT2D eigenvalue weighted by atomic mass is 10.0. The minimum atomic E-state index is -4.04. The van der Waals surface area contributed by atoms with Gasteiger partial charge in [0.05, 0.1) is 28.8 Å². The van der Waals surface area contributed by atoms with Crippen molar-refractivity contribution in [1.82, 2.24) is 5.32 Å². The van der Waals surface area contributed by atoms with Gasteiger partial charge >= 0.3 is 0 Å². The first-order chi connectivity index (χ1) is 16.2. The number of carbonyl (C=O) groups is 1. The second-order valence-corrected chi connectivity index (χ2v) is 10.3. The summed E-state index contributed by atoms with van der Waals surface area (Å²) in [6, 6.07) is 18.5. The van der Waals surface area contributed by atoms with Gasteiger partial charge in [-0.15, -0.1) is 0 Å². The van der Waals surface area contributed by atoms with E-state index in [1.54, 1.807) is 43.5 Å². The number of methoxy groups -OCH3 is 1. The van der Waals surface area contributed by atoms with Crippen LogP contribution >= 0.6 is 11.6 Å². The second-order valence-electron chi connectivity index (χ2n) is 8.03. The summed E-state index contributed by atoms with van der Waals surface area (Å²) in [5, 5.41) is 3.21. The lowest BCUT2D eigenvalue weighted by molar-refractivity contribution is -0.120. The quantitative estimate of drug-likeness (QED) is 0.425. The summed E-state index contributed by atoms with van der Waals surface area (Å²) in [6.07, 6.45) is 0.633. The van der Waals surface area contributed by atoms with E-state index in [1.807, 2.05) is 39.0 Å². The van der Waals surface area contributed by atoms with E-state index in [0.717, 1.165) is 26.7 Å². The smallest absolute Gasteiger partial charge is 0.264 e. The Morgan fingerprint density at radius 1 is 1.06 bits per heavy atom. The molecule has 1 amide bonds. The predicted molar refractivity (Wildman–Crippen MR) is 136 cm³/mol. The van der Waals surface area contributed by atoms with E-state index >= 15 is 0 Å². The first kappa shape index (κ1) is 25.6. The molecule has 3 aromatic rings. The molecule has 0 bridgehead atoms. The molecule has 6 nitrogen and oxygen atoms in total. The molecule has 0 saturated heterocycles. The van der Waals surface area contributed by atoms with Gasteiger partial charge in [0, 0.05) is 0 Å². The fourth-order valence-electron chi connectivity index (χ4n) is 3.70. The van der Waals surface area contributed by atoms with Gasteiger partial charge in [-0.05, 0) is 61.7 Å². The topological polar surface area (TPSA) is 75.7 Å². The van der Waals surface area contributed by atoms with Crippen molar-refractivity contribution in [2.45, 2.75) is 38.1 Å². The van der Waals surface area contributed by atoms with Crippen LogP contribution in [0, 0.1) is 13.8 Å². The number of carbonyl (C=O) groups excluding carboxylic acids is 1. The number of aryl methyl sites for hydroxylation is 2. The molecule has 3 rings (SSSR count). The van der Waals surface area contributed by atoms with E-state index in [4.69, 9.17) is 16.3 Å². The zero-order valence-corrected chi connectivity index (χ0v) is 21.3. The van der Waals surface area contributed by atoms with Crippen molar-refractivity contribution in [2.75, 3.05) is 18.0 Å². The van der Waals surface area contributed by atoms with Crippen LogP contribution in [0.1, 0.15) is 36.1 Å². The Hall–Kier alpha value is -3.03. The van der Waals surface area contributed by atoms with Crippen LogP contribution in [0.5, 0.6) is 5.75 Å². The molecular formula is C26H29ClN2O4S. The van der Waals surface area contributed by atoms with Gasteiger partial charge in [-0.2, -0.15) is 0 Å². The van der Waals surface area contributed by atoms with Crippen LogP contribution in [0.25, 0.3) is 0 Å². The van der Waals surface area contributed by atoms with Crippen LogP contribution in [0.3, 0.4) is 0 Å². The summed E-state index contributed by atoms with van der Waals surface area (Å²) >= 11 is 6.35. The molecule has 3 aromatic carbocycles. The molecule has 1 N–H and O–H groups in total. The number of ether oxygens (including phenoxy) is 1. The number of hydrogen-bond donors (Lipinski definition) is 1. The minimum absolute atomic E-state index is 0.0867. The van der Waals surface area contributed by atoms with Crippen molar-refractivity contribution < 1.29 is 17.9 Å². The normalized spacial score (nSPS) is 12.1. The first-order valence-electron chi connectivity index (χ1n) is 10.9. The second kappa shape index (κ2) is 10.9. The average Bonchev–Trinajstić information content (AvgIpc) is 2.81. The Morgan fingerprint density at radius 3 is 2.32 bits per heavy atom. The monoisotopic (exact) mass is 500 g/mol. The van der Waals surface area contributed by atoms with Gasteiger partial charge in [0.1, 0.15) is 12.3 Å². The number of para-hydroxylation sites is 1. The molecule has 0 radical (unpaired) electrons. The van der Waals surface area contributed by atoms with E-state index < -0.39 is 22.5 Å². The van der Waals surface area contributed by atoms with Gasteiger partial charge in [0.25, 0.3) is 10.0 Å². The number of nitrogens with zero attached hydrogens (tertiary/aromatic N) is 1. The molecule has 0 heterocycles. The highest BCUT2D eigenvalue weighted by molar-refractivity contribution is 7.92. The van der Waals surface area contributed by atoms with E-state index in [1.165, 1.54) is 12.1 Å². The number of amides is 1. The molecule has 0 spiro atoms. The van der Waals surface area contributed by atoms with Crippen molar-refractivity contribution in [3.8, 4) is 5.75 Å². The molecule has 0 aliphatic heterocycles. The third-order valence-electron chi connectivity index (χ3n) is 5.58. The van der Waals surface area contributed by atoms with Gasteiger partial charge in [0.15, 0.2) is 0 Å². The lowest BCUT2D eigenvalue weighted by Gasteiger charge is -2.26. The number of halogens is 1.